The van der Waals surface area contributed by atoms with E-state index in [1.807, 2.05) is 66.7 Å². The highest BCUT2D eigenvalue weighted by Gasteiger charge is 2.40. The predicted molar refractivity (Wildman–Crippen MR) is 127 cm³/mol. The van der Waals surface area contributed by atoms with Crippen molar-refractivity contribution in [2.24, 2.45) is 0 Å². The second-order valence-electron chi connectivity index (χ2n) is 8.02. The van der Waals surface area contributed by atoms with Gasteiger partial charge in [0.1, 0.15) is 6.04 Å². The van der Waals surface area contributed by atoms with Crippen LogP contribution in [0, 0.1) is 0 Å². The molecule has 1 unspecified atom stereocenters. The van der Waals surface area contributed by atoms with Gasteiger partial charge in [0, 0.05) is 31.0 Å². The molecule has 0 saturated carbocycles. The van der Waals surface area contributed by atoms with E-state index >= 15 is 0 Å². The molecule has 0 bridgehead atoms. The standard InChI is InChI=1S/C28H23N3O2/c32-27(30-18-20-14-16-29-17-15-20)26-24-12-6-7-13-25(24)28(33)31(26)19-22-10-4-5-11-23(22)21-8-2-1-3-9-21/h1-17,26H,18-19H2,(H,30,32). The molecule has 1 aliphatic heterocycles. The van der Waals surface area contributed by atoms with Crippen molar-refractivity contribution in [2.45, 2.75) is 19.1 Å². The number of hydrogen-bond donors (Lipinski definition) is 1. The lowest BCUT2D eigenvalue weighted by Crippen LogP contribution is -2.38. The van der Waals surface area contributed by atoms with E-state index in [0.717, 1.165) is 27.8 Å². The molecule has 0 fully saturated rings. The van der Waals surface area contributed by atoms with Gasteiger partial charge in [-0.1, -0.05) is 72.8 Å². The molecule has 2 amide bonds. The SMILES string of the molecule is O=C(NCc1ccncc1)C1c2ccccc2C(=O)N1Cc1ccccc1-c1ccccc1. The molecule has 1 N–H and O–H groups in total. The molecule has 1 aliphatic rings. The van der Waals surface area contributed by atoms with Crippen LogP contribution < -0.4 is 5.32 Å². The Labute approximate surface area is 192 Å². The number of pyridine rings is 1. The molecule has 5 nitrogen and oxygen atoms in total. The first kappa shape index (κ1) is 20.6. The van der Waals surface area contributed by atoms with Crippen molar-refractivity contribution in [2.75, 3.05) is 0 Å². The van der Waals surface area contributed by atoms with Crippen molar-refractivity contribution in [1.29, 1.82) is 0 Å². The van der Waals surface area contributed by atoms with E-state index in [0.29, 0.717) is 18.7 Å². The molecule has 162 valence electrons. The number of rotatable bonds is 6. The third-order valence-corrected chi connectivity index (χ3v) is 5.97. The molecule has 5 rings (SSSR count). The molecule has 1 atom stereocenters. The van der Waals surface area contributed by atoms with Crippen LogP contribution in [-0.2, 0) is 17.9 Å². The van der Waals surface area contributed by atoms with Crippen molar-refractivity contribution in [3.8, 4) is 11.1 Å². The third kappa shape index (κ3) is 4.13. The highest BCUT2D eigenvalue weighted by atomic mass is 16.2. The molecule has 0 saturated heterocycles. The minimum atomic E-state index is -0.681. The molecular formula is C28H23N3O2. The molecule has 5 heteroatoms. The molecule has 0 aliphatic carbocycles. The fraction of sp³-hybridized carbons (Fsp3) is 0.107. The number of aromatic nitrogens is 1. The summed E-state index contributed by atoms with van der Waals surface area (Å²) in [5.41, 5.74) is 5.41. The van der Waals surface area contributed by atoms with Crippen LogP contribution >= 0.6 is 0 Å². The van der Waals surface area contributed by atoms with Crippen molar-refractivity contribution in [3.05, 3.63) is 126 Å². The van der Waals surface area contributed by atoms with Crippen LogP contribution in [0.5, 0.6) is 0 Å². The zero-order valence-corrected chi connectivity index (χ0v) is 18.0. The Morgan fingerprint density at radius 1 is 0.818 bits per heavy atom. The Morgan fingerprint density at radius 3 is 2.27 bits per heavy atom. The third-order valence-electron chi connectivity index (χ3n) is 5.97. The summed E-state index contributed by atoms with van der Waals surface area (Å²) in [7, 11) is 0. The Kier molecular flexibility index (Phi) is 5.68. The van der Waals surface area contributed by atoms with E-state index in [1.165, 1.54) is 0 Å². The van der Waals surface area contributed by atoms with Gasteiger partial charge in [0.2, 0.25) is 5.91 Å². The largest absolute Gasteiger partial charge is 0.350 e. The number of hydrogen-bond acceptors (Lipinski definition) is 3. The first-order valence-corrected chi connectivity index (χ1v) is 10.9. The van der Waals surface area contributed by atoms with Crippen LogP contribution in [0.3, 0.4) is 0 Å². The van der Waals surface area contributed by atoms with Gasteiger partial charge in [0.15, 0.2) is 0 Å². The molecule has 0 spiro atoms. The number of carbonyl (C=O) groups is 2. The van der Waals surface area contributed by atoms with Crippen LogP contribution in [0.25, 0.3) is 11.1 Å². The fourth-order valence-corrected chi connectivity index (χ4v) is 4.34. The number of carbonyl (C=O) groups excluding carboxylic acids is 2. The second kappa shape index (κ2) is 9.09. The van der Waals surface area contributed by atoms with Gasteiger partial charge in [0.25, 0.3) is 5.91 Å². The zero-order chi connectivity index (χ0) is 22.6. The lowest BCUT2D eigenvalue weighted by Gasteiger charge is -2.26. The van der Waals surface area contributed by atoms with Crippen LogP contribution in [0.4, 0.5) is 0 Å². The van der Waals surface area contributed by atoms with E-state index in [2.05, 4.69) is 28.5 Å². The van der Waals surface area contributed by atoms with E-state index in [9.17, 15) is 9.59 Å². The minimum Gasteiger partial charge on any atom is -0.350 e. The second-order valence-corrected chi connectivity index (χ2v) is 8.02. The van der Waals surface area contributed by atoms with Gasteiger partial charge in [-0.15, -0.1) is 0 Å². The van der Waals surface area contributed by atoms with Gasteiger partial charge >= 0.3 is 0 Å². The fourth-order valence-electron chi connectivity index (χ4n) is 4.34. The molecule has 33 heavy (non-hydrogen) atoms. The Morgan fingerprint density at radius 2 is 1.48 bits per heavy atom. The van der Waals surface area contributed by atoms with Gasteiger partial charge in [-0.25, -0.2) is 0 Å². The van der Waals surface area contributed by atoms with E-state index < -0.39 is 6.04 Å². The number of benzene rings is 3. The van der Waals surface area contributed by atoms with Gasteiger partial charge in [0.05, 0.1) is 0 Å². The lowest BCUT2D eigenvalue weighted by molar-refractivity contribution is -0.125. The lowest BCUT2D eigenvalue weighted by atomic mass is 9.99. The first-order chi connectivity index (χ1) is 16.2. The number of fused-ring (bicyclic) bond motifs is 1. The Hall–Kier alpha value is -4.25. The summed E-state index contributed by atoms with van der Waals surface area (Å²) in [5.74, 6) is -0.320. The topological polar surface area (TPSA) is 62.3 Å². The maximum Gasteiger partial charge on any atom is 0.255 e. The first-order valence-electron chi connectivity index (χ1n) is 10.9. The molecule has 2 heterocycles. The van der Waals surface area contributed by atoms with E-state index in [4.69, 9.17) is 0 Å². The van der Waals surface area contributed by atoms with Crippen LogP contribution in [0.1, 0.15) is 33.1 Å². The van der Waals surface area contributed by atoms with Gasteiger partial charge in [-0.3, -0.25) is 14.6 Å². The Bertz CT molecular complexity index is 1290. The quantitative estimate of drug-likeness (QED) is 0.477. The summed E-state index contributed by atoms with van der Waals surface area (Å²) in [6.45, 7) is 0.717. The van der Waals surface area contributed by atoms with Gasteiger partial charge in [-0.2, -0.15) is 0 Å². The van der Waals surface area contributed by atoms with Crippen molar-refractivity contribution >= 4 is 11.8 Å². The average Bonchev–Trinajstić information content (AvgIpc) is 3.15. The molecule has 1 aromatic heterocycles. The molecule has 0 radical (unpaired) electrons. The van der Waals surface area contributed by atoms with Gasteiger partial charge < -0.3 is 10.2 Å². The highest BCUT2D eigenvalue weighted by Crippen LogP contribution is 2.36. The maximum absolute atomic E-state index is 13.4. The van der Waals surface area contributed by atoms with Crippen LogP contribution in [0.2, 0.25) is 0 Å². The molecule has 4 aromatic rings. The summed E-state index contributed by atoms with van der Waals surface area (Å²) in [6, 6.07) is 28.5. The monoisotopic (exact) mass is 433 g/mol. The minimum absolute atomic E-state index is 0.127. The average molecular weight is 434 g/mol. The zero-order valence-electron chi connectivity index (χ0n) is 18.0. The van der Waals surface area contributed by atoms with Crippen LogP contribution in [0.15, 0.2) is 103 Å². The maximum atomic E-state index is 13.4. The highest BCUT2D eigenvalue weighted by molar-refractivity contribution is 6.04. The van der Waals surface area contributed by atoms with Crippen LogP contribution in [-0.4, -0.2) is 21.7 Å². The summed E-state index contributed by atoms with van der Waals surface area (Å²) in [5, 5.41) is 3.00. The number of amides is 2. The summed E-state index contributed by atoms with van der Waals surface area (Å²) in [4.78, 5) is 32.4. The normalized spacial score (nSPS) is 14.7. The molecular weight excluding hydrogens is 410 g/mol. The summed E-state index contributed by atoms with van der Waals surface area (Å²) < 4.78 is 0. The smallest absolute Gasteiger partial charge is 0.255 e. The molecule has 3 aromatic carbocycles. The van der Waals surface area contributed by atoms with Crippen molar-refractivity contribution < 1.29 is 9.59 Å². The number of nitrogens with one attached hydrogen (secondary N) is 1. The summed E-state index contributed by atoms with van der Waals surface area (Å²) in [6.07, 6.45) is 3.39. The van der Waals surface area contributed by atoms with E-state index in [-0.39, 0.29) is 11.8 Å². The van der Waals surface area contributed by atoms with E-state index in [1.54, 1.807) is 23.4 Å². The van der Waals surface area contributed by atoms with Gasteiger partial charge in [-0.05, 0) is 46.0 Å². The Balaban J connectivity index is 1.46. The predicted octanol–water partition coefficient (Wildman–Crippen LogP) is 4.76. The van der Waals surface area contributed by atoms with Crippen molar-refractivity contribution in [3.63, 3.8) is 0 Å². The van der Waals surface area contributed by atoms with Crippen molar-refractivity contribution in [1.82, 2.24) is 15.2 Å². The number of nitrogens with zero attached hydrogens (tertiary/aromatic N) is 2. The summed E-state index contributed by atoms with van der Waals surface area (Å²) >= 11 is 0.